The maximum atomic E-state index is 13.4. The SMILES string of the molecule is COc1cc(C)c(C(=O)c2cc(F)cc(Br)c2)cc1C. The number of ketones is 1. The first kappa shape index (κ1) is 14.7. The number of hydrogen-bond donors (Lipinski definition) is 0. The van der Waals surface area contributed by atoms with Crippen molar-refractivity contribution in [2.45, 2.75) is 13.8 Å². The average Bonchev–Trinajstić information content (AvgIpc) is 2.39. The second-order valence-electron chi connectivity index (χ2n) is 4.62. The molecule has 2 aromatic carbocycles. The lowest BCUT2D eigenvalue weighted by atomic mass is 9.96. The number of hydrogen-bond acceptors (Lipinski definition) is 2. The van der Waals surface area contributed by atoms with E-state index in [1.807, 2.05) is 19.9 Å². The topological polar surface area (TPSA) is 26.3 Å². The molecule has 0 saturated heterocycles. The van der Waals surface area contributed by atoms with Crippen LogP contribution in [0.3, 0.4) is 0 Å². The molecule has 0 N–H and O–H groups in total. The minimum Gasteiger partial charge on any atom is -0.496 e. The minimum absolute atomic E-state index is 0.201. The first-order valence-corrected chi connectivity index (χ1v) is 6.87. The summed E-state index contributed by atoms with van der Waals surface area (Å²) in [6.45, 7) is 3.71. The molecule has 0 amide bonds. The highest BCUT2D eigenvalue weighted by Gasteiger charge is 2.15. The molecule has 0 atom stereocenters. The van der Waals surface area contributed by atoms with Crippen molar-refractivity contribution in [1.29, 1.82) is 0 Å². The van der Waals surface area contributed by atoms with Crippen molar-refractivity contribution in [3.05, 3.63) is 62.9 Å². The zero-order valence-corrected chi connectivity index (χ0v) is 13.0. The molecule has 104 valence electrons. The molecule has 2 rings (SSSR count). The van der Waals surface area contributed by atoms with Gasteiger partial charge in [-0.1, -0.05) is 15.9 Å². The van der Waals surface area contributed by atoms with Crippen LogP contribution in [-0.4, -0.2) is 12.9 Å². The highest BCUT2D eigenvalue weighted by atomic mass is 79.9. The largest absolute Gasteiger partial charge is 0.496 e. The second-order valence-corrected chi connectivity index (χ2v) is 5.54. The van der Waals surface area contributed by atoms with Crippen molar-refractivity contribution >= 4 is 21.7 Å². The highest BCUT2D eigenvalue weighted by molar-refractivity contribution is 9.10. The number of benzene rings is 2. The molecule has 0 heterocycles. The number of halogens is 2. The Bertz CT molecular complexity index is 660. The molecule has 0 aromatic heterocycles. The molecule has 0 bridgehead atoms. The molecule has 0 radical (unpaired) electrons. The molecule has 2 nitrogen and oxygen atoms in total. The standard InChI is InChI=1S/C16H14BrFO2/c1-9-5-15(20-3)10(2)4-14(9)16(19)11-6-12(17)8-13(18)7-11/h4-8H,1-3H3. The number of methoxy groups -OCH3 is 1. The third-order valence-corrected chi connectivity index (χ3v) is 3.57. The highest BCUT2D eigenvalue weighted by Crippen LogP contribution is 2.25. The van der Waals surface area contributed by atoms with Crippen LogP contribution in [0, 0.1) is 19.7 Å². The molecule has 4 heteroatoms. The quantitative estimate of drug-likeness (QED) is 0.774. The van der Waals surface area contributed by atoms with Crippen molar-refractivity contribution < 1.29 is 13.9 Å². The molecular formula is C16H14BrFO2. The first-order valence-electron chi connectivity index (χ1n) is 6.08. The molecule has 20 heavy (non-hydrogen) atoms. The van der Waals surface area contributed by atoms with Crippen molar-refractivity contribution in [2.75, 3.05) is 7.11 Å². The Morgan fingerprint density at radius 1 is 1.10 bits per heavy atom. The summed E-state index contributed by atoms with van der Waals surface area (Å²) in [6.07, 6.45) is 0. The van der Waals surface area contributed by atoms with E-state index in [4.69, 9.17) is 4.74 Å². The van der Waals surface area contributed by atoms with Crippen LogP contribution in [0.5, 0.6) is 5.75 Å². The van der Waals surface area contributed by atoms with Crippen molar-refractivity contribution in [1.82, 2.24) is 0 Å². The number of rotatable bonds is 3. The molecule has 0 aliphatic heterocycles. The molecular weight excluding hydrogens is 323 g/mol. The van der Waals surface area contributed by atoms with Crippen LogP contribution in [0.4, 0.5) is 4.39 Å². The Morgan fingerprint density at radius 3 is 2.40 bits per heavy atom. The van der Waals surface area contributed by atoms with Gasteiger partial charge in [-0.2, -0.15) is 0 Å². The number of carbonyl (C=O) groups is 1. The van der Waals surface area contributed by atoms with Crippen molar-refractivity contribution in [2.24, 2.45) is 0 Å². The summed E-state index contributed by atoms with van der Waals surface area (Å²) in [6, 6.07) is 7.77. The molecule has 0 spiro atoms. The van der Waals surface area contributed by atoms with E-state index >= 15 is 0 Å². The fraction of sp³-hybridized carbons (Fsp3) is 0.188. The van der Waals surface area contributed by atoms with E-state index in [0.717, 1.165) is 16.9 Å². The Labute approximate surface area is 125 Å². The predicted molar refractivity (Wildman–Crippen MR) is 80.0 cm³/mol. The molecule has 0 saturated carbocycles. The summed E-state index contributed by atoms with van der Waals surface area (Å²) in [7, 11) is 1.59. The maximum absolute atomic E-state index is 13.4. The van der Waals surface area contributed by atoms with Gasteiger partial charge in [-0.25, -0.2) is 4.39 Å². The lowest BCUT2D eigenvalue weighted by Gasteiger charge is -2.11. The van der Waals surface area contributed by atoms with Crippen LogP contribution in [0.2, 0.25) is 0 Å². The smallest absolute Gasteiger partial charge is 0.193 e. The monoisotopic (exact) mass is 336 g/mol. The Balaban J connectivity index is 2.50. The molecule has 0 fully saturated rings. The van der Waals surface area contributed by atoms with E-state index in [-0.39, 0.29) is 5.78 Å². The van der Waals surface area contributed by atoms with Crippen molar-refractivity contribution in [3.8, 4) is 5.75 Å². The lowest BCUT2D eigenvalue weighted by Crippen LogP contribution is -2.05. The van der Waals surface area contributed by atoms with E-state index in [1.54, 1.807) is 19.2 Å². The van der Waals surface area contributed by atoms with Crippen LogP contribution < -0.4 is 4.74 Å². The fourth-order valence-corrected chi connectivity index (χ4v) is 2.56. The van der Waals surface area contributed by atoms with E-state index in [1.165, 1.54) is 12.1 Å². The summed E-state index contributed by atoms with van der Waals surface area (Å²) < 4.78 is 19.2. The average molecular weight is 337 g/mol. The normalized spacial score (nSPS) is 10.4. The van der Waals surface area contributed by atoms with Gasteiger partial charge in [-0.05, 0) is 55.3 Å². The summed E-state index contributed by atoms with van der Waals surface area (Å²) in [5.41, 5.74) is 2.56. The third-order valence-electron chi connectivity index (χ3n) is 3.11. The van der Waals surface area contributed by atoms with Gasteiger partial charge in [0.15, 0.2) is 5.78 Å². The Morgan fingerprint density at radius 2 is 1.80 bits per heavy atom. The molecule has 2 aromatic rings. The van der Waals surface area contributed by atoms with Crippen LogP contribution in [-0.2, 0) is 0 Å². The van der Waals surface area contributed by atoms with Gasteiger partial charge in [0.05, 0.1) is 7.11 Å². The Kier molecular flexibility index (Phi) is 4.23. The van der Waals surface area contributed by atoms with Crippen LogP contribution in [0.25, 0.3) is 0 Å². The van der Waals surface area contributed by atoms with E-state index in [0.29, 0.717) is 15.6 Å². The van der Waals surface area contributed by atoms with Gasteiger partial charge in [0.2, 0.25) is 0 Å². The zero-order chi connectivity index (χ0) is 14.9. The Hall–Kier alpha value is -1.68. The number of aryl methyl sites for hydroxylation is 2. The van der Waals surface area contributed by atoms with Gasteiger partial charge in [0.25, 0.3) is 0 Å². The summed E-state index contributed by atoms with van der Waals surface area (Å²) in [4.78, 5) is 12.5. The maximum Gasteiger partial charge on any atom is 0.193 e. The molecule has 0 aliphatic rings. The van der Waals surface area contributed by atoms with Crippen molar-refractivity contribution in [3.63, 3.8) is 0 Å². The third kappa shape index (κ3) is 2.90. The summed E-state index contributed by atoms with van der Waals surface area (Å²) >= 11 is 3.20. The molecule has 0 aliphatic carbocycles. The van der Waals surface area contributed by atoms with Gasteiger partial charge in [0, 0.05) is 15.6 Å². The summed E-state index contributed by atoms with van der Waals surface area (Å²) in [5, 5.41) is 0. The number of carbonyl (C=O) groups excluding carboxylic acids is 1. The first-order chi connectivity index (χ1) is 9.42. The van der Waals surface area contributed by atoms with E-state index in [9.17, 15) is 9.18 Å². The molecule has 0 unspecified atom stereocenters. The van der Waals surface area contributed by atoms with Gasteiger partial charge >= 0.3 is 0 Å². The van der Waals surface area contributed by atoms with Gasteiger partial charge in [-0.15, -0.1) is 0 Å². The van der Waals surface area contributed by atoms with Gasteiger partial charge in [-0.3, -0.25) is 4.79 Å². The predicted octanol–water partition coefficient (Wildman–Crippen LogP) is 4.44. The minimum atomic E-state index is -0.439. The van der Waals surface area contributed by atoms with Crippen LogP contribution in [0.1, 0.15) is 27.0 Å². The van der Waals surface area contributed by atoms with E-state index < -0.39 is 5.82 Å². The fourth-order valence-electron chi connectivity index (χ4n) is 2.09. The van der Waals surface area contributed by atoms with Crippen LogP contribution in [0.15, 0.2) is 34.8 Å². The second kappa shape index (κ2) is 5.75. The van der Waals surface area contributed by atoms with E-state index in [2.05, 4.69) is 15.9 Å². The van der Waals surface area contributed by atoms with Gasteiger partial charge in [0.1, 0.15) is 11.6 Å². The van der Waals surface area contributed by atoms with Gasteiger partial charge < -0.3 is 4.74 Å². The zero-order valence-electron chi connectivity index (χ0n) is 11.5. The lowest BCUT2D eigenvalue weighted by molar-refractivity contribution is 0.103. The summed E-state index contributed by atoms with van der Waals surface area (Å²) in [5.74, 6) is 0.0959. The van der Waals surface area contributed by atoms with Crippen LogP contribution >= 0.6 is 15.9 Å². The number of ether oxygens (including phenoxy) is 1.